The number of hydrogen-bond donors (Lipinski definition) is 1. The number of benzene rings is 1. The molecule has 1 amide bonds. The van der Waals surface area contributed by atoms with E-state index in [1.807, 2.05) is 4.90 Å². The van der Waals surface area contributed by atoms with E-state index in [0.29, 0.717) is 40.6 Å². The number of piperazine rings is 1. The standard InChI is InChI=1S/C17H19Cl2N3O2/c1-11-10-22(7-6-20-11)17(23)5-4-16-21-9-15(24-16)13-3-2-12(18)8-14(13)19/h2-3,8-9,11,20H,4-7,10H2,1H3. The maximum Gasteiger partial charge on any atom is 0.223 e. The van der Waals surface area contributed by atoms with Gasteiger partial charge in [0.1, 0.15) is 0 Å². The van der Waals surface area contributed by atoms with Crippen LogP contribution in [0.3, 0.4) is 0 Å². The van der Waals surface area contributed by atoms with Crippen molar-refractivity contribution in [2.45, 2.75) is 25.8 Å². The fourth-order valence-corrected chi connectivity index (χ4v) is 3.27. The van der Waals surface area contributed by atoms with Gasteiger partial charge < -0.3 is 14.6 Å². The largest absolute Gasteiger partial charge is 0.441 e. The Labute approximate surface area is 150 Å². The number of oxazole rings is 1. The highest BCUT2D eigenvalue weighted by atomic mass is 35.5. The first-order valence-electron chi connectivity index (χ1n) is 7.94. The summed E-state index contributed by atoms with van der Waals surface area (Å²) in [6, 6.07) is 5.54. The molecule has 1 saturated heterocycles. The van der Waals surface area contributed by atoms with Crippen LogP contribution in [0.15, 0.2) is 28.8 Å². The molecule has 1 aromatic heterocycles. The highest BCUT2D eigenvalue weighted by Gasteiger charge is 2.20. The van der Waals surface area contributed by atoms with Gasteiger partial charge in [0, 0.05) is 49.1 Å². The van der Waals surface area contributed by atoms with Gasteiger partial charge in [0.25, 0.3) is 0 Å². The third-order valence-electron chi connectivity index (χ3n) is 4.02. The summed E-state index contributed by atoms with van der Waals surface area (Å²) in [6.45, 7) is 4.41. The normalized spacial score (nSPS) is 18.0. The average Bonchev–Trinajstić information content (AvgIpc) is 3.01. The monoisotopic (exact) mass is 367 g/mol. The van der Waals surface area contributed by atoms with Crippen LogP contribution in [0.4, 0.5) is 0 Å². The Balaban J connectivity index is 1.61. The summed E-state index contributed by atoms with van der Waals surface area (Å²) in [5, 5.41) is 4.40. The number of aryl methyl sites for hydroxylation is 1. The molecular formula is C17H19Cl2N3O2. The van der Waals surface area contributed by atoms with Gasteiger partial charge in [-0.1, -0.05) is 23.2 Å². The quantitative estimate of drug-likeness (QED) is 0.899. The molecule has 24 heavy (non-hydrogen) atoms. The van der Waals surface area contributed by atoms with E-state index in [1.54, 1.807) is 24.4 Å². The molecule has 0 spiro atoms. The highest BCUT2D eigenvalue weighted by molar-refractivity contribution is 6.36. The lowest BCUT2D eigenvalue weighted by atomic mass is 10.2. The maximum absolute atomic E-state index is 12.3. The van der Waals surface area contributed by atoms with E-state index in [0.717, 1.165) is 25.2 Å². The number of nitrogens with zero attached hydrogens (tertiary/aromatic N) is 2. The summed E-state index contributed by atoms with van der Waals surface area (Å²) < 4.78 is 5.73. The Bertz CT molecular complexity index is 732. The van der Waals surface area contributed by atoms with Crippen molar-refractivity contribution in [3.63, 3.8) is 0 Å². The van der Waals surface area contributed by atoms with Crippen LogP contribution >= 0.6 is 23.2 Å². The molecule has 3 rings (SSSR count). The fourth-order valence-electron chi connectivity index (χ4n) is 2.77. The Morgan fingerprint density at radius 2 is 2.29 bits per heavy atom. The second-order valence-electron chi connectivity index (χ2n) is 5.94. The van der Waals surface area contributed by atoms with Crippen molar-refractivity contribution in [2.75, 3.05) is 19.6 Å². The molecule has 1 unspecified atom stereocenters. The number of nitrogens with one attached hydrogen (secondary N) is 1. The number of amides is 1. The molecule has 0 radical (unpaired) electrons. The van der Waals surface area contributed by atoms with Crippen molar-refractivity contribution in [3.05, 3.63) is 40.3 Å². The SMILES string of the molecule is CC1CN(C(=O)CCc2ncc(-c3ccc(Cl)cc3Cl)o2)CCN1. The van der Waals surface area contributed by atoms with E-state index in [4.69, 9.17) is 27.6 Å². The minimum atomic E-state index is 0.132. The van der Waals surface area contributed by atoms with Crippen molar-refractivity contribution in [1.29, 1.82) is 0 Å². The first-order chi connectivity index (χ1) is 11.5. The van der Waals surface area contributed by atoms with Gasteiger partial charge in [-0.15, -0.1) is 0 Å². The summed E-state index contributed by atoms with van der Waals surface area (Å²) in [7, 11) is 0. The first kappa shape index (κ1) is 17.3. The molecule has 2 heterocycles. The second-order valence-corrected chi connectivity index (χ2v) is 6.78. The van der Waals surface area contributed by atoms with Crippen LogP contribution in [0, 0.1) is 0 Å². The van der Waals surface area contributed by atoms with Crippen LogP contribution in [-0.2, 0) is 11.2 Å². The molecular weight excluding hydrogens is 349 g/mol. The molecule has 1 aliphatic rings. The van der Waals surface area contributed by atoms with Gasteiger partial charge in [0.2, 0.25) is 5.91 Å². The predicted octanol–water partition coefficient (Wildman–Crippen LogP) is 3.40. The average molecular weight is 368 g/mol. The van der Waals surface area contributed by atoms with Crippen LogP contribution in [0.25, 0.3) is 11.3 Å². The van der Waals surface area contributed by atoms with Crippen molar-refractivity contribution in [3.8, 4) is 11.3 Å². The second kappa shape index (κ2) is 7.55. The van der Waals surface area contributed by atoms with Crippen LogP contribution in [0.1, 0.15) is 19.2 Å². The summed E-state index contributed by atoms with van der Waals surface area (Å²) in [4.78, 5) is 18.4. The van der Waals surface area contributed by atoms with Gasteiger partial charge in [-0.25, -0.2) is 4.98 Å². The topological polar surface area (TPSA) is 58.4 Å². The van der Waals surface area contributed by atoms with Gasteiger partial charge in [0.05, 0.1) is 11.2 Å². The lowest BCUT2D eigenvalue weighted by Gasteiger charge is -2.31. The van der Waals surface area contributed by atoms with E-state index in [9.17, 15) is 4.79 Å². The molecule has 0 aliphatic carbocycles. The zero-order valence-corrected chi connectivity index (χ0v) is 14.9. The van der Waals surface area contributed by atoms with E-state index >= 15 is 0 Å². The van der Waals surface area contributed by atoms with E-state index in [2.05, 4.69) is 17.2 Å². The van der Waals surface area contributed by atoms with E-state index in [1.165, 1.54) is 0 Å². The number of aromatic nitrogens is 1. The van der Waals surface area contributed by atoms with E-state index in [-0.39, 0.29) is 5.91 Å². The first-order valence-corrected chi connectivity index (χ1v) is 8.70. The summed E-state index contributed by atoms with van der Waals surface area (Å²) in [5.74, 6) is 1.25. The fraction of sp³-hybridized carbons (Fsp3) is 0.412. The molecule has 1 atom stereocenters. The van der Waals surface area contributed by atoms with Crippen LogP contribution in [0.2, 0.25) is 10.0 Å². The zero-order chi connectivity index (χ0) is 17.1. The molecule has 128 valence electrons. The molecule has 1 fully saturated rings. The third-order valence-corrected chi connectivity index (χ3v) is 4.57. The zero-order valence-electron chi connectivity index (χ0n) is 13.4. The molecule has 2 aromatic rings. The van der Waals surface area contributed by atoms with Gasteiger partial charge in [-0.05, 0) is 25.1 Å². The van der Waals surface area contributed by atoms with Gasteiger partial charge >= 0.3 is 0 Å². The van der Waals surface area contributed by atoms with Crippen molar-refractivity contribution < 1.29 is 9.21 Å². The number of carbonyl (C=O) groups is 1. The predicted molar refractivity (Wildman–Crippen MR) is 94.3 cm³/mol. The molecule has 1 aromatic carbocycles. The molecule has 0 saturated carbocycles. The summed E-state index contributed by atoms with van der Waals surface area (Å²) >= 11 is 12.1. The Morgan fingerprint density at radius 3 is 3.04 bits per heavy atom. The molecule has 1 aliphatic heterocycles. The minimum absolute atomic E-state index is 0.132. The summed E-state index contributed by atoms with van der Waals surface area (Å²) in [6.07, 6.45) is 2.49. The number of carbonyl (C=O) groups excluding carboxylic acids is 1. The Hall–Kier alpha value is -1.56. The van der Waals surface area contributed by atoms with Crippen molar-refractivity contribution >= 4 is 29.1 Å². The Kier molecular flexibility index (Phi) is 5.43. The highest BCUT2D eigenvalue weighted by Crippen LogP contribution is 2.30. The molecule has 5 nitrogen and oxygen atoms in total. The van der Waals surface area contributed by atoms with Crippen LogP contribution in [0.5, 0.6) is 0 Å². The van der Waals surface area contributed by atoms with E-state index < -0.39 is 0 Å². The Morgan fingerprint density at radius 1 is 1.46 bits per heavy atom. The van der Waals surface area contributed by atoms with Crippen molar-refractivity contribution in [2.24, 2.45) is 0 Å². The van der Waals surface area contributed by atoms with Crippen LogP contribution < -0.4 is 5.32 Å². The number of hydrogen-bond acceptors (Lipinski definition) is 4. The molecule has 0 bridgehead atoms. The lowest BCUT2D eigenvalue weighted by molar-refractivity contribution is -0.132. The van der Waals surface area contributed by atoms with Gasteiger partial charge in [0.15, 0.2) is 11.7 Å². The smallest absolute Gasteiger partial charge is 0.223 e. The third kappa shape index (κ3) is 4.09. The minimum Gasteiger partial charge on any atom is -0.441 e. The number of halogens is 2. The van der Waals surface area contributed by atoms with Crippen molar-refractivity contribution in [1.82, 2.24) is 15.2 Å². The lowest BCUT2D eigenvalue weighted by Crippen LogP contribution is -2.51. The maximum atomic E-state index is 12.3. The number of rotatable bonds is 4. The van der Waals surface area contributed by atoms with Gasteiger partial charge in [-0.3, -0.25) is 4.79 Å². The molecule has 1 N–H and O–H groups in total. The molecule has 7 heteroatoms. The summed E-state index contributed by atoms with van der Waals surface area (Å²) in [5.41, 5.74) is 0.738. The van der Waals surface area contributed by atoms with Crippen LogP contribution in [-0.4, -0.2) is 41.5 Å². The van der Waals surface area contributed by atoms with Gasteiger partial charge in [-0.2, -0.15) is 0 Å².